The van der Waals surface area contributed by atoms with Crippen molar-refractivity contribution < 1.29 is 5.11 Å². The topological polar surface area (TPSA) is 67.1 Å². The maximum atomic E-state index is 10.3. The number of piperidine rings is 1. The van der Waals surface area contributed by atoms with Crippen LogP contribution >= 0.6 is 0 Å². The molecule has 0 bridgehead atoms. The second-order valence-corrected chi connectivity index (χ2v) is 7.00. The molecule has 0 spiro atoms. The van der Waals surface area contributed by atoms with Gasteiger partial charge in [-0.1, -0.05) is 31.2 Å². The maximum absolute atomic E-state index is 10.3. The van der Waals surface area contributed by atoms with Crippen LogP contribution in [0, 0.1) is 12.8 Å². The average Bonchev–Trinajstić information content (AvgIpc) is 2.99. The van der Waals surface area contributed by atoms with Crippen molar-refractivity contribution in [3.05, 3.63) is 41.2 Å². The zero-order chi connectivity index (χ0) is 16.9. The minimum absolute atomic E-state index is 0.396. The minimum Gasteiger partial charge on any atom is -0.390 e. The fraction of sp³-hybridized carbons (Fsp3) is 0.611. The molecule has 6 nitrogen and oxygen atoms in total. The molecule has 6 heteroatoms. The fourth-order valence-electron chi connectivity index (χ4n) is 3.19. The Morgan fingerprint density at radius 1 is 1.21 bits per heavy atom. The first-order valence-electron chi connectivity index (χ1n) is 8.82. The molecule has 0 saturated carbocycles. The molecule has 1 N–H and O–H groups in total. The summed E-state index contributed by atoms with van der Waals surface area (Å²) < 4.78 is 0. The third-order valence-electron chi connectivity index (χ3n) is 4.82. The lowest BCUT2D eigenvalue weighted by Crippen LogP contribution is -2.40. The van der Waals surface area contributed by atoms with Crippen LogP contribution in [0.1, 0.15) is 36.7 Å². The van der Waals surface area contributed by atoms with E-state index in [-0.39, 0.29) is 0 Å². The molecule has 3 rings (SSSR count). The molecule has 1 aliphatic rings. The summed E-state index contributed by atoms with van der Waals surface area (Å²) in [7, 11) is 0. The quantitative estimate of drug-likeness (QED) is 0.873. The van der Waals surface area contributed by atoms with Crippen LogP contribution in [0.3, 0.4) is 0 Å². The van der Waals surface area contributed by atoms with Gasteiger partial charge in [-0.3, -0.25) is 0 Å². The van der Waals surface area contributed by atoms with E-state index in [4.69, 9.17) is 0 Å². The van der Waals surface area contributed by atoms with Crippen LogP contribution in [-0.2, 0) is 13.0 Å². The average molecular weight is 329 g/mol. The van der Waals surface area contributed by atoms with Gasteiger partial charge in [0, 0.05) is 13.0 Å². The molecule has 1 aromatic carbocycles. The summed E-state index contributed by atoms with van der Waals surface area (Å²) >= 11 is 0. The van der Waals surface area contributed by atoms with Gasteiger partial charge in [-0.15, -0.1) is 10.2 Å². The molecule has 1 aliphatic heterocycles. The van der Waals surface area contributed by atoms with Gasteiger partial charge < -0.3 is 10.0 Å². The van der Waals surface area contributed by atoms with Gasteiger partial charge in [0.05, 0.1) is 12.6 Å². The first-order chi connectivity index (χ1) is 11.6. The molecular formula is C18H27N5O. The van der Waals surface area contributed by atoms with Crippen molar-refractivity contribution in [2.75, 3.05) is 19.6 Å². The highest BCUT2D eigenvalue weighted by Crippen LogP contribution is 2.16. The third-order valence-corrected chi connectivity index (χ3v) is 4.82. The molecule has 1 aromatic heterocycles. The van der Waals surface area contributed by atoms with E-state index >= 15 is 0 Å². The van der Waals surface area contributed by atoms with Crippen molar-refractivity contribution in [2.24, 2.45) is 5.92 Å². The first kappa shape index (κ1) is 17.0. The Labute approximate surface area is 143 Å². The maximum Gasteiger partial charge on any atom is 0.179 e. The van der Waals surface area contributed by atoms with Crippen LogP contribution < -0.4 is 0 Å². The van der Waals surface area contributed by atoms with Gasteiger partial charge in [-0.2, -0.15) is 4.80 Å². The summed E-state index contributed by atoms with van der Waals surface area (Å²) in [6, 6.07) is 8.22. The van der Waals surface area contributed by atoms with Crippen LogP contribution in [0.25, 0.3) is 0 Å². The number of benzene rings is 1. The third kappa shape index (κ3) is 4.61. The smallest absolute Gasteiger partial charge is 0.179 e. The number of aliphatic hydroxyl groups excluding tert-OH is 1. The number of hydrogen-bond acceptors (Lipinski definition) is 5. The Kier molecular flexibility index (Phi) is 5.58. The molecule has 0 radical (unpaired) electrons. The lowest BCUT2D eigenvalue weighted by Gasteiger charge is -2.31. The van der Waals surface area contributed by atoms with Crippen molar-refractivity contribution in [2.45, 2.75) is 45.8 Å². The van der Waals surface area contributed by atoms with Crippen molar-refractivity contribution in [3.8, 4) is 0 Å². The Morgan fingerprint density at radius 3 is 2.71 bits per heavy atom. The largest absolute Gasteiger partial charge is 0.390 e. The van der Waals surface area contributed by atoms with E-state index in [0.717, 1.165) is 19.0 Å². The zero-order valence-electron chi connectivity index (χ0n) is 14.6. The van der Waals surface area contributed by atoms with E-state index < -0.39 is 6.10 Å². The van der Waals surface area contributed by atoms with Crippen LogP contribution in [0.15, 0.2) is 24.3 Å². The molecule has 0 aliphatic carbocycles. The van der Waals surface area contributed by atoms with E-state index in [0.29, 0.717) is 25.3 Å². The van der Waals surface area contributed by atoms with E-state index in [9.17, 15) is 5.11 Å². The second kappa shape index (κ2) is 7.85. The van der Waals surface area contributed by atoms with Crippen molar-refractivity contribution in [1.29, 1.82) is 0 Å². The highest BCUT2D eigenvalue weighted by Gasteiger charge is 2.19. The lowest BCUT2D eigenvalue weighted by molar-refractivity contribution is 0.0743. The molecule has 2 heterocycles. The molecule has 1 unspecified atom stereocenters. The molecule has 1 fully saturated rings. The number of β-amino-alcohol motifs (C(OH)–C–C–N with tert-alkyl or cyclic N) is 1. The van der Waals surface area contributed by atoms with Gasteiger partial charge in [0.15, 0.2) is 5.82 Å². The van der Waals surface area contributed by atoms with Gasteiger partial charge >= 0.3 is 0 Å². The van der Waals surface area contributed by atoms with Crippen molar-refractivity contribution in [3.63, 3.8) is 0 Å². The number of aromatic nitrogens is 4. The predicted octanol–water partition coefficient (Wildman–Crippen LogP) is 1.67. The highest BCUT2D eigenvalue weighted by molar-refractivity contribution is 5.27. The van der Waals surface area contributed by atoms with Gasteiger partial charge in [0.2, 0.25) is 0 Å². The summed E-state index contributed by atoms with van der Waals surface area (Å²) in [5.74, 6) is 1.50. The van der Waals surface area contributed by atoms with Gasteiger partial charge in [0.1, 0.15) is 0 Å². The van der Waals surface area contributed by atoms with Crippen LogP contribution in [0.4, 0.5) is 0 Å². The second-order valence-electron chi connectivity index (χ2n) is 7.00. The number of aryl methyl sites for hydroxylation is 1. The standard InChI is InChI=1S/C18H27N5O/c1-14-7-9-22(10-8-14)12-17(24)13-23-20-18(19-21-23)11-16-6-4-3-5-15(16)2/h3-6,14,17,24H,7-13H2,1-2H3. The van der Waals surface area contributed by atoms with Gasteiger partial charge in [-0.25, -0.2) is 0 Å². The van der Waals surface area contributed by atoms with Crippen LogP contribution in [0.2, 0.25) is 0 Å². The summed E-state index contributed by atoms with van der Waals surface area (Å²) in [5, 5.41) is 22.9. The summed E-state index contributed by atoms with van der Waals surface area (Å²) in [6.07, 6.45) is 2.65. The van der Waals surface area contributed by atoms with E-state index in [1.54, 1.807) is 0 Å². The molecule has 24 heavy (non-hydrogen) atoms. The Balaban J connectivity index is 1.51. The van der Waals surface area contributed by atoms with Gasteiger partial charge in [0.25, 0.3) is 0 Å². The molecular weight excluding hydrogens is 302 g/mol. The summed E-state index contributed by atoms with van der Waals surface area (Å²) in [5.41, 5.74) is 2.44. The Hall–Kier alpha value is -1.79. The fourth-order valence-corrected chi connectivity index (χ4v) is 3.19. The van der Waals surface area contributed by atoms with Gasteiger partial charge in [-0.05, 0) is 55.1 Å². The van der Waals surface area contributed by atoms with Crippen molar-refractivity contribution in [1.82, 2.24) is 25.1 Å². The minimum atomic E-state index is -0.459. The number of nitrogens with zero attached hydrogens (tertiary/aromatic N) is 5. The number of likely N-dealkylation sites (tertiary alicyclic amines) is 1. The van der Waals surface area contributed by atoms with E-state index in [1.165, 1.54) is 28.8 Å². The molecule has 1 atom stereocenters. The van der Waals surface area contributed by atoms with Crippen LogP contribution in [0.5, 0.6) is 0 Å². The molecule has 130 valence electrons. The van der Waals surface area contributed by atoms with Crippen molar-refractivity contribution >= 4 is 0 Å². The zero-order valence-corrected chi connectivity index (χ0v) is 14.6. The first-order valence-corrected chi connectivity index (χ1v) is 8.82. The summed E-state index contributed by atoms with van der Waals surface area (Å²) in [4.78, 5) is 3.85. The van der Waals surface area contributed by atoms with E-state index in [1.807, 2.05) is 12.1 Å². The molecule has 0 amide bonds. The van der Waals surface area contributed by atoms with Crippen LogP contribution in [-0.4, -0.2) is 56.0 Å². The number of tetrazole rings is 1. The predicted molar refractivity (Wildman–Crippen MR) is 92.6 cm³/mol. The lowest BCUT2D eigenvalue weighted by atomic mass is 9.99. The Bertz CT molecular complexity index is 648. The number of aliphatic hydroxyl groups is 1. The Morgan fingerprint density at radius 2 is 1.96 bits per heavy atom. The van der Waals surface area contributed by atoms with E-state index in [2.05, 4.69) is 46.3 Å². The normalized spacial score (nSPS) is 18.0. The molecule has 2 aromatic rings. The monoisotopic (exact) mass is 329 g/mol. The molecule has 1 saturated heterocycles. The summed E-state index contributed by atoms with van der Waals surface area (Å²) in [6.45, 7) is 7.60. The SMILES string of the molecule is Cc1ccccc1Cc1nnn(CC(O)CN2CCC(C)CC2)n1. The number of rotatable bonds is 6. The highest BCUT2D eigenvalue weighted by atomic mass is 16.3. The number of hydrogen-bond donors (Lipinski definition) is 1.